The van der Waals surface area contributed by atoms with E-state index in [2.05, 4.69) is 17.5 Å². The minimum atomic E-state index is -0.264. The Balaban J connectivity index is 2.07. The normalized spacial score (nSPS) is 26.7. The molecule has 2 aliphatic rings. The lowest BCUT2D eigenvalue weighted by molar-refractivity contribution is -0.00334. The first-order chi connectivity index (χ1) is 5.31. The highest BCUT2D eigenvalue weighted by Gasteiger charge is 2.37. The van der Waals surface area contributed by atoms with Gasteiger partial charge in [-0.25, -0.2) is 4.79 Å². The smallest absolute Gasteiger partial charge is 0.407 e. The largest absolute Gasteiger partial charge is 0.442 e. The molecule has 1 aliphatic carbocycles. The zero-order valence-corrected chi connectivity index (χ0v) is 6.30. The van der Waals surface area contributed by atoms with Crippen LogP contribution in [-0.4, -0.2) is 18.2 Å². The summed E-state index contributed by atoms with van der Waals surface area (Å²) in [5, 5.41) is 2.64. The van der Waals surface area contributed by atoms with Crippen molar-refractivity contribution in [2.24, 2.45) is 0 Å². The quantitative estimate of drug-likeness (QED) is 0.531. The minimum absolute atomic E-state index is 0.178. The summed E-state index contributed by atoms with van der Waals surface area (Å²) in [5.41, 5.74) is -0.178. The molecule has 3 heteroatoms. The van der Waals surface area contributed by atoms with Crippen LogP contribution in [-0.2, 0) is 4.74 Å². The lowest BCUT2D eigenvalue weighted by Crippen LogP contribution is -2.45. The second-order valence-corrected chi connectivity index (χ2v) is 3.13. The minimum Gasteiger partial charge on any atom is -0.442 e. The number of hydrogen-bond donors (Lipinski definition) is 1. The highest BCUT2D eigenvalue weighted by molar-refractivity contribution is 5.68. The van der Waals surface area contributed by atoms with Crippen molar-refractivity contribution in [2.75, 3.05) is 6.54 Å². The van der Waals surface area contributed by atoms with Gasteiger partial charge < -0.3 is 10.1 Å². The molecule has 1 saturated heterocycles. The molecule has 0 aromatic rings. The average Bonchev–Trinajstić information content (AvgIpc) is 2.37. The second-order valence-electron chi connectivity index (χ2n) is 3.13. The summed E-state index contributed by atoms with van der Waals surface area (Å²) in [7, 11) is 0. The third kappa shape index (κ3) is 1.11. The molecular weight excluding hydrogens is 142 g/mol. The summed E-state index contributed by atoms with van der Waals surface area (Å²) < 4.78 is 5.22. The van der Waals surface area contributed by atoms with E-state index >= 15 is 0 Å². The van der Waals surface area contributed by atoms with Crippen LogP contribution in [0.3, 0.4) is 0 Å². The summed E-state index contributed by atoms with van der Waals surface area (Å²) >= 11 is 0. The molecule has 11 heavy (non-hydrogen) atoms. The second kappa shape index (κ2) is 2.26. The van der Waals surface area contributed by atoms with Gasteiger partial charge in [0.1, 0.15) is 5.60 Å². The lowest BCUT2D eigenvalue weighted by Gasteiger charge is -2.33. The molecule has 0 aromatic heterocycles. The SMILES string of the molecule is O=C1NCCC2(CC=CC2)O1. The fourth-order valence-electron chi connectivity index (χ4n) is 1.64. The van der Waals surface area contributed by atoms with Crippen LogP contribution in [0.25, 0.3) is 0 Å². The fourth-order valence-corrected chi connectivity index (χ4v) is 1.64. The van der Waals surface area contributed by atoms with Gasteiger partial charge >= 0.3 is 6.09 Å². The average molecular weight is 153 g/mol. The molecule has 0 aromatic carbocycles. The van der Waals surface area contributed by atoms with Gasteiger partial charge in [0.05, 0.1) is 0 Å². The van der Waals surface area contributed by atoms with Crippen molar-refractivity contribution in [1.82, 2.24) is 5.32 Å². The first-order valence-corrected chi connectivity index (χ1v) is 3.93. The highest BCUT2D eigenvalue weighted by Crippen LogP contribution is 2.32. The maximum absolute atomic E-state index is 10.9. The maximum atomic E-state index is 10.9. The van der Waals surface area contributed by atoms with Crippen LogP contribution in [0, 0.1) is 0 Å². The van der Waals surface area contributed by atoms with Gasteiger partial charge in [0.2, 0.25) is 0 Å². The molecule has 3 nitrogen and oxygen atoms in total. The third-order valence-electron chi connectivity index (χ3n) is 2.31. The Morgan fingerprint density at radius 2 is 2.18 bits per heavy atom. The molecule has 60 valence electrons. The van der Waals surface area contributed by atoms with Gasteiger partial charge in [-0.3, -0.25) is 0 Å². The van der Waals surface area contributed by atoms with Crippen molar-refractivity contribution < 1.29 is 9.53 Å². The molecule has 0 bridgehead atoms. The number of carbonyl (C=O) groups is 1. The van der Waals surface area contributed by atoms with E-state index in [1.54, 1.807) is 0 Å². The molecular formula is C8H11NO2. The summed E-state index contributed by atoms with van der Waals surface area (Å²) in [6, 6.07) is 0. The first-order valence-electron chi connectivity index (χ1n) is 3.93. The molecule has 1 aliphatic heterocycles. The van der Waals surface area contributed by atoms with Gasteiger partial charge in [-0.05, 0) is 0 Å². The summed E-state index contributed by atoms with van der Waals surface area (Å²) in [4.78, 5) is 10.9. The topological polar surface area (TPSA) is 38.3 Å². The molecule has 0 atom stereocenters. The van der Waals surface area contributed by atoms with E-state index in [9.17, 15) is 4.79 Å². The van der Waals surface area contributed by atoms with Crippen LogP contribution in [0.2, 0.25) is 0 Å². The zero-order valence-electron chi connectivity index (χ0n) is 6.30. The fraction of sp³-hybridized carbons (Fsp3) is 0.625. The Morgan fingerprint density at radius 1 is 1.45 bits per heavy atom. The molecule has 2 rings (SSSR count). The van der Waals surface area contributed by atoms with Crippen molar-refractivity contribution in [3.63, 3.8) is 0 Å². The van der Waals surface area contributed by atoms with Crippen LogP contribution in [0.15, 0.2) is 12.2 Å². The van der Waals surface area contributed by atoms with Crippen LogP contribution in [0.5, 0.6) is 0 Å². The Hall–Kier alpha value is -0.990. The molecule has 1 amide bonds. The van der Waals surface area contributed by atoms with Crippen molar-refractivity contribution in [1.29, 1.82) is 0 Å². The van der Waals surface area contributed by atoms with Gasteiger partial charge in [-0.1, -0.05) is 12.2 Å². The Kier molecular flexibility index (Phi) is 1.37. The van der Waals surface area contributed by atoms with Gasteiger partial charge in [0.15, 0.2) is 0 Å². The van der Waals surface area contributed by atoms with Crippen molar-refractivity contribution >= 4 is 6.09 Å². The molecule has 1 spiro atoms. The summed E-state index contributed by atoms with van der Waals surface area (Å²) in [6.45, 7) is 0.751. The molecule has 0 unspecified atom stereocenters. The standard InChI is InChI=1S/C8H11NO2/c10-7-9-6-5-8(11-7)3-1-2-4-8/h1-2H,3-6H2,(H,9,10). The Bertz CT molecular complexity index is 202. The maximum Gasteiger partial charge on any atom is 0.407 e. The predicted molar refractivity (Wildman–Crippen MR) is 40.2 cm³/mol. The van der Waals surface area contributed by atoms with Crippen LogP contribution in [0.1, 0.15) is 19.3 Å². The number of rotatable bonds is 0. The zero-order chi connectivity index (χ0) is 7.73. The Morgan fingerprint density at radius 3 is 2.82 bits per heavy atom. The number of amides is 1. The first kappa shape index (κ1) is 6.70. The van der Waals surface area contributed by atoms with Gasteiger partial charge in [0, 0.05) is 25.8 Å². The van der Waals surface area contributed by atoms with E-state index in [4.69, 9.17) is 4.74 Å². The van der Waals surface area contributed by atoms with E-state index in [-0.39, 0.29) is 11.7 Å². The number of hydrogen-bond acceptors (Lipinski definition) is 2. The monoisotopic (exact) mass is 153 g/mol. The van der Waals surface area contributed by atoms with Gasteiger partial charge in [0.25, 0.3) is 0 Å². The molecule has 1 heterocycles. The number of nitrogens with one attached hydrogen (secondary N) is 1. The molecule has 1 fully saturated rings. The molecule has 0 saturated carbocycles. The van der Waals surface area contributed by atoms with Gasteiger partial charge in [-0.15, -0.1) is 0 Å². The lowest BCUT2D eigenvalue weighted by atomic mass is 9.96. The highest BCUT2D eigenvalue weighted by atomic mass is 16.6. The van der Waals surface area contributed by atoms with Crippen LogP contribution >= 0.6 is 0 Å². The van der Waals surface area contributed by atoms with Crippen molar-refractivity contribution in [3.05, 3.63) is 12.2 Å². The van der Waals surface area contributed by atoms with E-state index in [0.29, 0.717) is 0 Å². The van der Waals surface area contributed by atoms with Crippen LogP contribution in [0.4, 0.5) is 4.79 Å². The van der Waals surface area contributed by atoms with Crippen LogP contribution < -0.4 is 5.32 Å². The number of alkyl carbamates (subject to hydrolysis) is 1. The molecule has 1 N–H and O–H groups in total. The van der Waals surface area contributed by atoms with E-state index in [1.807, 2.05) is 0 Å². The number of carbonyl (C=O) groups excluding carboxylic acids is 1. The third-order valence-corrected chi connectivity index (χ3v) is 2.31. The van der Waals surface area contributed by atoms with E-state index < -0.39 is 0 Å². The predicted octanol–water partition coefficient (Wildman–Crippen LogP) is 1.21. The summed E-state index contributed by atoms with van der Waals surface area (Å²) in [6.07, 6.45) is 6.61. The van der Waals surface area contributed by atoms with Crippen molar-refractivity contribution in [2.45, 2.75) is 24.9 Å². The van der Waals surface area contributed by atoms with Gasteiger partial charge in [-0.2, -0.15) is 0 Å². The van der Waals surface area contributed by atoms with Crippen molar-refractivity contribution in [3.8, 4) is 0 Å². The number of ether oxygens (including phenoxy) is 1. The summed E-state index contributed by atoms with van der Waals surface area (Å²) in [5.74, 6) is 0. The molecule has 0 radical (unpaired) electrons. The van der Waals surface area contributed by atoms with E-state index in [0.717, 1.165) is 25.8 Å². The Labute approximate surface area is 65.4 Å². The van der Waals surface area contributed by atoms with E-state index in [1.165, 1.54) is 0 Å².